The first-order chi connectivity index (χ1) is 11.4. The number of hydrogen-bond donors (Lipinski definition) is 2. The van der Waals surface area contributed by atoms with E-state index in [0.29, 0.717) is 0 Å². The molecule has 0 bridgehead atoms. The maximum atomic E-state index is 11.8. The van der Waals surface area contributed by atoms with Crippen LogP contribution in [0.1, 0.15) is 65.7 Å². The molecule has 1 unspecified atom stereocenters. The topological polar surface area (TPSA) is 84.5 Å². The molecule has 24 heavy (non-hydrogen) atoms. The fourth-order valence-corrected chi connectivity index (χ4v) is 3.80. The maximum absolute atomic E-state index is 11.8. The van der Waals surface area contributed by atoms with Crippen LogP contribution in [0.3, 0.4) is 0 Å². The lowest BCUT2D eigenvalue weighted by molar-refractivity contribution is -0.132. The summed E-state index contributed by atoms with van der Waals surface area (Å²) >= 11 is 1.29. The first-order valence-corrected chi connectivity index (χ1v) is 9.44. The Morgan fingerprint density at radius 1 is 1.21 bits per heavy atom. The molecule has 2 atom stereocenters. The molecule has 2 N–H and O–H groups in total. The van der Waals surface area contributed by atoms with Gasteiger partial charge < -0.3 is 4.74 Å². The molecule has 1 rings (SSSR count). The van der Waals surface area contributed by atoms with Crippen LogP contribution >= 0.6 is 11.8 Å². The first-order valence-electron chi connectivity index (χ1n) is 8.62. The summed E-state index contributed by atoms with van der Waals surface area (Å²) in [6, 6.07) is 0. The van der Waals surface area contributed by atoms with E-state index >= 15 is 0 Å². The number of hydrazine groups is 1. The van der Waals surface area contributed by atoms with Crippen LogP contribution in [0.15, 0.2) is 0 Å². The van der Waals surface area contributed by atoms with Crippen molar-refractivity contribution in [2.24, 2.45) is 0 Å². The number of nitrogens with one attached hydrogen (secondary N) is 2. The highest BCUT2D eigenvalue weighted by atomic mass is 32.2. The molecule has 0 aromatic rings. The number of thioether (sulfide) groups is 1. The van der Waals surface area contributed by atoms with Crippen LogP contribution in [-0.2, 0) is 19.1 Å². The minimum atomic E-state index is -0.440. The summed E-state index contributed by atoms with van der Waals surface area (Å²) in [7, 11) is 0. The number of hydrogen-bond acceptors (Lipinski definition) is 5. The average molecular weight is 357 g/mol. The van der Waals surface area contributed by atoms with Gasteiger partial charge in [-0.25, -0.2) is 0 Å². The molecule has 0 saturated carbocycles. The molecule has 1 radical (unpaired) electrons. The third-order valence-corrected chi connectivity index (χ3v) is 5.26. The summed E-state index contributed by atoms with van der Waals surface area (Å²) in [6.07, 6.45) is 9.23. The van der Waals surface area contributed by atoms with Crippen LogP contribution in [-0.4, -0.2) is 34.4 Å². The van der Waals surface area contributed by atoms with Gasteiger partial charge in [0.1, 0.15) is 6.61 Å². The van der Waals surface area contributed by atoms with Crippen LogP contribution in [0, 0.1) is 6.42 Å². The van der Waals surface area contributed by atoms with Crippen molar-refractivity contribution in [2.45, 2.75) is 76.6 Å². The smallest absolute Gasteiger partial charge is 0.264 e. The van der Waals surface area contributed by atoms with Crippen molar-refractivity contribution in [3.63, 3.8) is 0 Å². The lowest BCUT2D eigenvalue weighted by Crippen LogP contribution is -2.44. The quantitative estimate of drug-likeness (QED) is 0.464. The predicted octanol–water partition coefficient (Wildman–Crippen LogP) is 2.53. The Kier molecular flexibility index (Phi) is 9.36. The highest BCUT2D eigenvalue weighted by molar-refractivity contribution is 8.15. The van der Waals surface area contributed by atoms with Gasteiger partial charge in [-0.3, -0.25) is 25.2 Å². The van der Waals surface area contributed by atoms with Gasteiger partial charge in [0.2, 0.25) is 5.91 Å². The van der Waals surface area contributed by atoms with Crippen LogP contribution < -0.4 is 10.9 Å². The van der Waals surface area contributed by atoms with Gasteiger partial charge in [0.05, 0.1) is 12.5 Å². The molecule has 2 amide bonds. The Morgan fingerprint density at radius 2 is 1.88 bits per heavy atom. The lowest BCUT2D eigenvalue weighted by atomic mass is 9.94. The van der Waals surface area contributed by atoms with Crippen molar-refractivity contribution in [3.05, 3.63) is 6.42 Å². The number of unbranched alkanes of at least 4 members (excludes halogenated alkanes) is 5. The molecule has 0 aromatic carbocycles. The van der Waals surface area contributed by atoms with Gasteiger partial charge in [-0.15, -0.1) is 0 Å². The summed E-state index contributed by atoms with van der Waals surface area (Å²) < 4.78 is 5.29. The SMILES string of the molecule is CCCCCCCC[C@@]1(C)SC(=O)[CH]C1OCC(=O)NNC(C)=O. The van der Waals surface area contributed by atoms with Gasteiger partial charge in [0.15, 0.2) is 5.12 Å². The van der Waals surface area contributed by atoms with Crippen molar-refractivity contribution in [1.29, 1.82) is 0 Å². The summed E-state index contributed by atoms with van der Waals surface area (Å²) in [5, 5.41) is -0.00393. The third-order valence-electron chi connectivity index (χ3n) is 4.02. The van der Waals surface area contributed by atoms with Gasteiger partial charge in [-0.05, 0) is 13.3 Å². The van der Waals surface area contributed by atoms with Gasteiger partial charge in [-0.1, -0.05) is 57.2 Å². The Balaban J connectivity index is 2.36. The second-order valence-electron chi connectivity index (χ2n) is 6.38. The van der Waals surface area contributed by atoms with Crippen LogP contribution in [0.25, 0.3) is 0 Å². The molecule has 0 aromatic heterocycles. The summed E-state index contributed by atoms with van der Waals surface area (Å²) in [5.41, 5.74) is 4.46. The minimum Gasteiger partial charge on any atom is -0.366 e. The van der Waals surface area contributed by atoms with E-state index < -0.39 is 5.91 Å². The largest absolute Gasteiger partial charge is 0.366 e. The molecule has 1 aliphatic rings. The van der Waals surface area contributed by atoms with E-state index in [1.54, 1.807) is 6.42 Å². The molecule has 0 spiro atoms. The summed E-state index contributed by atoms with van der Waals surface area (Å²) in [4.78, 5) is 34.1. The maximum Gasteiger partial charge on any atom is 0.264 e. The lowest BCUT2D eigenvalue weighted by Gasteiger charge is -2.29. The average Bonchev–Trinajstić information content (AvgIpc) is 2.80. The van der Waals surface area contributed by atoms with E-state index in [2.05, 4.69) is 17.8 Å². The van der Waals surface area contributed by atoms with Crippen molar-refractivity contribution < 1.29 is 19.1 Å². The predicted molar refractivity (Wildman–Crippen MR) is 95.0 cm³/mol. The second-order valence-corrected chi connectivity index (χ2v) is 7.92. The molecule has 7 heteroatoms. The molecular weight excluding hydrogens is 328 g/mol. The van der Waals surface area contributed by atoms with Crippen LogP contribution in [0.2, 0.25) is 0 Å². The molecule has 1 heterocycles. The zero-order valence-electron chi connectivity index (χ0n) is 14.9. The molecule has 6 nitrogen and oxygen atoms in total. The third kappa shape index (κ3) is 7.66. The number of rotatable bonds is 10. The number of ether oxygens (including phenoxy) is 1. The van der Waals surface area contributed by atoms with Gasteiger partial charge in [-0.2, -0.15) is 0 Å². The number of carbonyl (C=O) groups is 3. The van der Waals surface area contributed by atoms with Gasteiger partial charge in [0.25, 0.3) is 5.91 Å². The number of carbonyl (C=O) groups excluding carboxylic acids is 3. The Morgan fingerprint density at radius 3 is 2.54 bits per heavy atom. The van der Waals surface area contributed by atoms with E-state index in [4.69, 9.17) is 4.74 Å². The standard InChI is InChI=1S/C17H29N2O4S/c1-4-5-6-7-8-9-10-17(3)14(11-16(22)24-17)23-12-15(21)19-18-13(2)20/h11,14H,4-10,12H2,1-3H3,(H,18,20)(H,19,21)/t14?,17-/m1/s1. The van der Waals surface area contributed by atoms with E-state index in [9.17, 15) is 14.4 Å². The Labute approximate surface area is 148 Å². The normalized spacial score (nSPS) is 23.3. The Bertz CT molecular complexity index is 444. The monoisotopic (exact) mass is 357 g/mol. The zero-order valence-corrected chi connectivity index (χ0v) is 15.7. The highest BCUT2D eigenvalue weighted by Crippen LogP contribution is 2.44. The van der Waals surface area contributed by atoms with Crippen LogP contribution in [0.5, 0.6) is 0 Å². The first kappa shape index (κ1) is 21.0. The fraction of sp³-hybridized carbons (Fsp3) is 0.765. The Hall–Kier alpha value is -1.08. The van der Waals surface area contributed by atoms with Crippen molar-refractivity contribution in [2.75, 3.05) is 6.61 Å². The summed E-state index contributed by atoms with van der Waals surface area (Å²) in [5.74, 6) is -0.792. The fourth-order valence-electron chi connectivity index (χ4n) is 2.66. The molecular formula is C17H29N2O4S. The molecule has 0 aliphatic carbocycles. The zero-order chi connectivity index (χ0) is 18.0. The van der Waals surface area contributed by atoms with Crippen LogP contribution in [0.4, 0.5) is 0 Å². The molecule has 1 aliphatic heterocycles. The molecule has 1 fully saturated rings. The van der Waals surface area contributed by atoms with E-state index in [-0.39, 0.29) is 28.5 Å². The number of amides is 2. The highest BCUT2D eigenvalue weighted by Gasteiger charge is 2.45. The molecule has 1 saturated heterocycles. The van der Waals surface area contributed by atoms with Gasteiger partial charge in [0, 0.05) is 11.7 Å². The van der Waals surface area contributed by atoms with Crippen molar-refractivity contribution in [3.8, 4) is 0 Å². The second kappa shape index (κ2) is 10.7. The van der Waals surface area contributed by atoms with E-state index in [0.717, 1.165) is 19.3 Å². The van der Waals surface area contributed by atoms with Crippen molar-refractivity contribution in [1.82, 2.24) is 10.9 Å². The van der Waals surface area contributed by atoms with Crippen molar-refractivity contribution >= 4 is 28.7 Å². The summed E-state index contributed by atoms with van der Waals surface area (Å²) in [6.45, 7) is 5.32. The van der Waals surface area contributed by atoms with Gasteiger partial charge >= 0.3 is 0 Å². The van der Waals surface area contributed by atoms with E-state index in [1.165, 1.54) is 44.4 Å². The van der Waals surface area contributed by atoms with E-state index in [1.807, 2.05) is 6.92 Å². The minimum absolute atomic E-state index is 0.00393. The molecule has 137 valence electrons.